The summed E-state index contributed by atoms with van der Waals surface area (Å²) in [5, 5.41) is -1.14. The predicted molar refractivity (Wildman–Crippen MR) is 83.0 cm³/mol. The first-order valence-electron chi connectivity index (χ1n) is 6.56. The highest BCUT2D eigenvalue weighted by atomic mass is 32.2. The van der Waals surface area contributed by atoms with E-state index in [4.69, 9.17) is 0 Å². The third kappa shape index (κ3) is 3.28. The highest BCUT2D eigenvalue weighted by Crippen LogP contribution is 2.22. The Morgan fingerprint density at radius 3 is 2.05 bits per heavy atom. The first kappa shape index (κ1) is 15.2. The third-order valence-corrected chi connectivity index (χ3v) is 5.26. The molecule has 0 N–H and O–H groups in total. The topological polar surface area (TPSA) is 51.2 Å². The zero-order chi connectivity index (χ0) is 15.3. The number of ketones is 1. The van der Waals surface area contributed by atoms with Crippen LogP contribution in [-0.2, 0) is 9.84 Å². The molecule has 108 valence electrons. The predicted octanol–water partition coefficient (Wildman–Crippen LogP) is 3.29. The van der Waals surface area contributed by atoms with Crippen molar-refractivity contribution in [3.05, 3.63) is 78.9 Å². The fourth-order valence-electron chi connectivity index (χ4n) is 2.09. The number of rotatable bonds is 6. The van der Waals surface area contributed by atoms with Crippen LogP contribution >= 0.6 is 0 Å². The van der Waals surface area contributed by atoms with Crippen molar-refractivity contribution in [2.75, 3.05) is 0 Å². The van der Waals surface area contributed by atoms with Gasteiger partial charge < -0.3 is 0 Å². The Bertz CT molecular complexity index is 719. The van der Waals surface area contributed by atoms with E-state index in [1.165, 1.54) is 18.2 Å². The maximum atomic E-state index is 12.7. The van der Waals surface area contributed by atoms with Crippen LogP contribution in [0.25, 0.3) is 0 Å². The molecule has 4 heteroatoms. The van der Waals surface area contributed by atoms with E-state index >= 15 is 0 Å². The van der Waals surface area contributed by atoms with Crippen molar-refractivity contribution >= 4 is 15.6 Å². The Morgan fingerprint density at radius 2 is 1.52 bits per heavy atom. The molecule has 21 heavy (non-hydrogen) atoms. The van der Waals surface area contributed by atoms with Gasteiger partial charge >= 0.3 is 0 Å². The van der Waals surface area contributed by atoms with Crippen LogP contribution in [-0.4, -0.2) is 19.5 Å². The standard InChI is InChI=1S/C17H16O3S/c1-2-9-16(17(18)14-10-5-3-6-11-14)21(19,20)15-12-7-4-8-13-15/h2-8,10-13,16H,1,9H2. The van der Waals surface area contributed by atoms with Crippen LogP contribution in [0.3, 0.4) is 0 Å². The lowest BCUT2D eigenvalue weighted by atomic mass is 10.1. The average Bonchev–Trinajstić information content (AvgIpc) is 2.53. The van der Waals surface area contributed by atoms with E-state index in [-0.39, 0.29) is 11.3 Å². The lowest BCUT2D eigenvalue weighted by Gasteiger charge is -2.15. The van der Waals surface area contributed by atoms with Gasteiger partial charge in [0.05, 0.1) is 4.90 Å². The number of carbonyl (C=O) groups excluding carboxylic acids is 1. The van der Waals surface area contributed by atoms with E-state index < -0.39 is 20.9 Å². The SMILES string of the molecule is C=CCC(C(=O)c1ccccc1)S(=O)(=O)c1ccccc1. The van der Waals surface area contributed by atoms with E-state index in [2.05, 4.69) is 6.58 Å². The molecule has 0 bridgehead atoms. The van der Waals surface area contributed by atoms with Crippen LogP contribution in [0.5, 0.6) is 0 Å². The number of hydrogen-bond donors (Lipinski definition) is 0. The van der Waals surface area contributed by atoms with Gasteiger partial charge in [-0.05, 0) is 18.6 Å². The van der Waals surface area contributed by atoms with Gasteiger partial charge in [-0.25, -0.2) is 8.42 Å². The molecule has 1 atom stereocenters. The summed E-state index contributed by atoms with van der Waals surface area (Å²) < 4.78 is 25.3. The molecule has 0 heterocycles. The van der Waals surface area contributed by atoms with Crippen molar-refractivity contribution in [1.29, 1.82) is 0 Å². The highest BCUT2D eigenvalue weighted by molar-refractivity contribution is 7.92. The number of allylic oxidation sites excluding steroid dienone is 1. The van der Waals surface area contributed by atoms with Crippen molar-refractivity contribution in [3.63, 3.8) is 0 Å². The van der Waals surface area contributed by atoms with Gasteiger partial charge in [0.2, 0.25) is 0 Å². The number of Topliss-reactive ketones (excluding diaryl/α,β-unsaturated/α-hetero) is 1. The zero-order valence-corrected chi connectivity index (χ0v) is 12.3. The van der Waals surface area contributed by atoms with Crippen LogP contribution < -0.4 is 0 Å². The van der Waals surface area contributed by atoms with Crippen LogP contribution in [0.15, 0.2) is 78.2 Å². The molecule has 2 aromatic carbocycles. The highest BCUT2D eigenvalue weighted by Gasteiger charge is 2.33. The van der Waals surface area contributed by atoms with Gasteiger partial charge in [0.25, 0.3) is 0 Å². The Labute approximate surface area is 124 Å². The Balaban J connectivity index is 2.44. The second kappa shape index (κ2) is 6.50. The van der Waals surface area contributed by atoms with Crippen LogP contribution in [0.2, 0.25) is 0 Å². The van der Waals surface area contributed by atoms with Crippen LogP contribution in [0.1, 0.15) is 16.8 Å². The summed E-state index contributed by atoms with van der Waals surface area (Å²) in [4.78, 5) is 12.7. The zero-order valence-electron chi connectivity index (χ0n) is 11.5. The molecule has 2 rings (SSSR count). The van der Waals surface area contributed by atoms with Gasteiger partial charge in [-0.3, -0.25) is 4.79 Å². The number of hydrogen-bond acceptors (Lipinski definition) is 3. The molecular formula is C17H16O3S. The Hall–Kier alpha value is -2.20. The summed E-state index contributed by atoms with van der Waals surface area (Å²) in [5.41, 5.74) is 0.392. The number of sulfone groups is 1. The van der Waals surface area contributed by atoms with Crippen molar-refractivity contribution in [1.82, 2.24) is 0 Å². The summed E-state index contributed by atoms with van der Waals surface area (Å²) in [5.74, 6) is -0.403. The molecule has 0 aliphatic rings. The molecule has 0 aliphatic heterocycles. The van der Waals surface area contributed by atoms with Crippen LogP contribution in [0.4, 0.5) is 0 Å². The van der Waals surface area contributed by atoms with Gasteiger partial charge in [0.1, 0.15) is 5.25 Å². The normalized spacial score (nSPS) is 12.6. The molecular weight excluding hydrogens is 284 g/mol. The van der Waals surface area contributed by atoms with E-state index in [9.17, 15) is 13.2 Å². The maximum Gasteiger partial charge on any atom is 0.189 e. The second-order valence-corrected chi connectivity index (χ2v) is 6.73. The van der Waals surface area contributed by atoms with Crippen molar-refractivity contribution in [3.8, 4) is 0 Å². The molecule has 0 saturated carbocycles. The number of carbonyl (C=O) groups is 1. The molecule has 3 nitrogen and oxygen atoms in total. The lowest BCUT2D eigenvalue weighted by molar-refractivity contribution is 0.0987. The third-order valence-electron chi connectivity index (χ3n) is 3.18. The Morgan fingerprint density at radius 1 is 1.00 bits per heavy atom. The first-order valence-corrected chi connectivity index (χ1v) is 8.11. The average molecular weight is 300 g/mol. The Kier molecular flexibility index (Phi) is 4.70. The molecule has 1 unspecified atom stereocenters. The monoisotopic (exact) mass is 300 g/mol. The lowest BCUT2D eigenvalue weighted by Crippen LogP contribution is -2.30. The second-order valence-electron chi connectivity index (χ2n) is 4.60. The van der Waals surface area contributed by atoms with Gasteiger partial charge in [0, 0.05) is 5.56 Å². The molecule has 0 saturated heterocycles. The van der Waals surface area contributed by atoms with Gasteiger partial charge in [0.15, 0.2) is 15.6 Å². The molecule has 0 amide bonds. The van der Waals surface area contributed by atoms with Crippen molar-refractivity contribution in [2.24, 2.45) is 0 Å². The first-order chi connectivity index (χ1) is 10.1. The molecule has 0 radical (unpaired) electrons. The summed E-state index contributed by atoms with van der Waals surface area (Å²) in [6.07, 6.45) is 1.55. The largest absolute Gasteiger partial charge is 0.293 e. The minimum Gasteiger partial charge on any atom is -0.293 e. The van der Waals surface area contributed by atoms with Crippen molar-refractivity contribution in [2.45, 2.75) is 16.6 Å². The van der Waals surface area contributed by atoms with E-state index in [0.717, 1.165) is 0 Å². The summed E-state index contributed by atoms with van der Waals surface area (Å²) in [6.45, 7) is 3.57. The number of benzene rings is 2. The minimum atomic E-state index is -3.73. The fraction of sp³-hybridized carbons (Fsp3) is 0.118. The summed E-state index contributed by atoms with van der Waals surface area (Å²) in [6, 6.07) is 16.5. The fourth-order valence-corrected chi connectivity index (χ4v) is 3.76. The van der Waals surface area contributed by atoms with Crippen LogP contribution in [0, 0.1) is 0 Å². The molecule has 0 fully saturated rings. The van der Waals surface area contributed by atoms with Gasteiger partial charge in [-0.2, -0.15) is 0 Å². The summed E-state index contributed by atoms with van der Waals surface area (Å²) in [7, 11) is -3.73. The van der Waals surface area contributed by atoms with E-state index in [1.54, 1.807) is 48.5 Å². The molecule has 2 aromatic rings. The van der Waals surface area contributed by atoms with E-state index in [0.29, 0.717) is 5.56 Å². The minimum absolute atomic E-state index is 0.0882. The smallest absolute Gasteiger partial charge is 0.189 e. The quantitative estimate of drug-likeness (QED) is 0.607. The maximum absolute atomic E-state index is 12.7. The van der Waals surface area contributed by atoms with Gasteiger partial charge in [-0.15, -0.1) is 6.58 Å². The van der Waals surface area contributed by atoms with Gasteiger partial charge in [-0.1, -0.05) is 54.6 Å². The molecule has 0 spiro atoms. The van der Waals surface area contributed by atoms with E-state index in [1.807, 2.05) is 0 Å². The molecule has 0 aliphatic carbocycles. The van der Waals surface area contributed by atoms with Crippen molar-refractivity contribution < 1.29 is 13.2 Å². The summed E-state index contributed by atoms with van der Waals surface area (Å²) >= 11 is 0. The molecule has 0 aromatic heterocycles.